The molecule has 0 unspecified atom stereocenters. The molecule has 0 bridgehead atoms. The van der Waals surface area contributed by atoms with Crippen molar-refractivity contribution in [2.24, 2.45) is 11.8 Å². The number of aromatic nitrogens is 4. The summed E-state index contributed by atoms with van der Waals surface area (Å²) in [5.74, 6) is 0.804. The Morgan fingerprint density at radius 2 is 2.07 bits per heavy atom. The van der Waals surface area contributed by atoms with E-state index in [9.17, 15) is 9.65 Å². The van der Waals surface area contributed by atoms with Crippen LogP contribution in [0.3, 0.4) is 0 Å². The highest BCUT2D eigenvalue weighted by molar-refractivity contribution is 5.50. The van der Waals surface area contributed by atoms with E-state index in [0.29, 0.717) is 18.2 Å². The van der Waals surface area contributed by atoms with Crippen LogP contribution in [-0.2, 0) is 5.54 Å². The number of hydrogen-bond donors (Lipinski definition) is 1. The third-order valence-corrected chi connectivity index (χ3v) is 4.99. The summed E-state index contributed by atoms with van der Waals surface area (Å²) >= 11 is 0. The Morgan fingerprint density at radius 3 is 2.78 bits per heavy atom. The first kappa shape index (κ1) is 19.1. The fraction of sp³-hybridized carbons (Fsp3) is 0.579. The van der Waals surface area contributed by atoms with Crippen molar-refractivity contribution in [3.63, 3.8) is 0 Å². The Hall–Kier alpha value is -2.69. The predicted octanol–water partition coefficient (Wildman–Crippen LogP) is 4.02. The van der Waals surface area contributed by atoms with E-state index in [1.54, 1.807) is 30.9 Å². The molecular formula is C19H25FN6O. The lowest BCUT2D eigenvalue weighted by molar-refractivity contribution is 0.178. The molecule has 0 spiro atoms. The van der Waals surface area contributed by atoms with Gasteiger partial charge in [0.15, 0.2) is 0 Å². The first-order valence-corrected chi connectivity index (χ1v) is 9.26. The van der Waals surface area contributed by atoms with Gasteiger partial charge < -0.3 is 10.1 Å². The molecule has 2 aromatic heterocycles. The zero-order valence-corrected chi connectivity index (χ0v) is 15.9. The summed E-state index contributed by atoms with van der Waals surface area (Å²) in [6.45, 7) is 6.25. The third kappa shape index (κ3) is 4.73. The largest absolute Gasteiger partial charge is 0.475 e. The van der Waals surface area contributed by atoms with E-state index in [1.807, 2.05) is 0 Å². The van der Waals surface area contributed by atoms with Crippen LogP contribution in [0, 0.1) is 29.0 Å². The molecule has 3 rings (SSSR count). The molecule has 8 heteroatoms. The summed E-state index contributed by atoms with van der Waals surface area (Å²) in [6.07, 6.45) is 8.93. The molecule has 0 aromatic carbocycles. The van der Waals surface area contributed by atoms with Crippen LogP contribution in [0.25, 0.3) is 0 Å². The summed E-state index contributed by atoms with van der Waals surface area (Å²) in [5.41, 5.74) is -0.160. The number of hydrogen-bond acceptors (Lipinski definition) is 6. The van der Waals surface area contributed by atoms with Gasteiger partial charge in [0.1, 0.15) is 5.54 Å². The van der Waals surface area contributed by atoms with Crippen molar-refractivity contribution in [3.8, 4) is 11.9 Å². The van der Waals surface area contributed by atoms with Crippen LogP contribution >= 0.6 is 0 Å². The smallest absolute Gasteiger partial charge is 0.255 e. The van der Waals surface area contributed by atoms with Crippen molar-refractivity contribution >= 4 is 11.6 Å². The highest BCUT2D eigenvalue weighted by Crippen LogP contribution is 2.29. The summed E-state index contributed by atoms with van der Waals surface area (Å²) in [7, 11) is 0. The number of halogens is 1. The summed E-state index contributed by atoms with van der Waals surface area (Å²) in [4.78, 5) is 8.09. The van der Waals surface area contributed by atoms with E-state index in [2.05, 4.69) is 33.4 Å². The van der Waals surface area contributed by atoms with Gasteiger partial charge in [-0.1, -0.05) is 19.8 Å². The highest BCUT2D eigenvalue weighted by atomic mass is 19.1. The standard InChI is InChI=1S/C19H25FN6O/c1-13-4-6-14(7-5-13)11-27-17-16(20)9-22-18(25-17)24-15-8-23-26(10-15)19(2,3)12-21/h8-10,13-14H,4-7,11H2,1-3H3,(H,22,24,25). The summed E-state index contributed by atoms with van der Waals surface area (Å²) in [5, 5.41) is 16.3. The van der Waals surface area contributed by atoms with Crippen molar-refractivity contribution in [3.05, 3.63) is 24.4 Å². The maximum absolute atomic E-state index is 14.0. The molecular weight excluding hydrogens is 347 g/mol. The van der Waals surface area contributed by atoms with Gasteiger partial charge in [0.2, 0.25) is 11.8 Å². The number of rotatable bonds is 6. The molecule has 2 heterocycles. The van der Waals surface area contributed by atoms with Gasteiger partial charge in [-0.15, -0.1) is 0 Å². The van der Waals surface area contributed by atoms with Crippen LogP contribution in [0.2, 0.25) is 0 Å². The van der Waals surface area contributed by atoms with Gasteiger partial charge in [-0.25, -0.2) is 4.98 Å². The minimum Gasteiger partial charge on any atom is -0.475 e. The van der Waals surface area contributed by atoms with Crippen LogP contribution in [0.5, 0.6) is 5.88 Å². The SMILES string of the molecule is CC1CCC(COc2nc(Nc3cnn(C(C)(C)C#N)c3)ncc2F)CC1. The number of anilines is 2. The van der Waals surface area contributed by atoms with Crippen molar-refractivity contribution in [1.82, 2.24) is 19.7 Å². The molecule has 1 aliphatic rings. The molecule has 0 saturated heterocycles. The van der Waals surface area contributed by atoms with E-state index in [1.165, 1.54) is 12.8 Å². The molecule has 2 aromatic rings. The fourth-order valence-corrected chi connectivity index (χ4v) is 3.08. The van der Waals surface area contributed by atoms with Crippen LogP contribution in [0.15, 0.2) is 18.6 Å². The van der Waals surface area contributed by atoms with E-state index in [4.69, 9.17) is 4.74 Å². The lowest BCUT2D eigenvalue weighted by Crippen LogP contribution is -2.24. The van der Waals surface area contributed by atoms with Crippen molar-refractivity contribution in [2.45, 2.75) is 52.0 Å². The molecule has 1 saturated carbocycles. The maximum Gasteiger partial charge on any atom is 0.255 e. The Kier molecular flexibility index (Phi) is 5.59. The maximum atomic E-state index is 14.0. The Bertz CT molecular complexity index is 820. The average Bonchev–Trinajstić information content (AvgIpc) is 3.13. The van der Waals surface area contributed by atoms with E-state index >= 15 is 0 Å². The van der Waals surface area contributed by atoms with Crippen molar-refractivity contribution in [2.75, 3.05) is 11.9 Å². The minimum absolute atomic E-state index is 0.0455. The first-order chi connectivity index (χ1) is 12.9. The lowest BCUT2D eigenvalue weighted by atomic mass is 9.83. The molecule has 27 heavy (non-hydrogen) atoms. The van der Waals surface area contributed by atoms with Gasteiger partial charge in [0, 0.05) is 0 Å². The van der Waals surface area contributed by atoms with Gasteiger partial charge in [0.05, 0.1) is 37.0 Å². The van der Waals surface area contributed by atoms with Crippen LogP contribution < -0.4 is 10.1 Å². The van der Waals surface area contributed by atoms with Gasteiger partial charge >= 0.3 is 0 Å². The Balaban J connectivity index is 1.64. The topological polar surface area (TPSA) is 88.6 Å². The van der Waals surface area contributed by atoms with Gasteiger partial charge in [-0.3, -0.25) is 4.68 Å². The van der Waals surface area contributed by atoms with E-state index < -0.39 is 11.4 Å². The number of nitrogens with one attached hydrogen (secondary N) is 1. The second kappa shape index (κ2) is 7.91. The normalized spacial score (nSPS) is 20.1. The molecule has 144 valence electrons. The third-order valence-electron chi connectivity index (χ3n) is 4.99. The van der Waals surface area contributed by atoms with E-state index in [-0.39, 0.29) is 11.8 Å². The zero-order valence-electron chi connectivity index (χ0n) is 15.9. The van der Waals surface area contributed by atoms with Gasteiger partial charge in [-0.2, -0.15) is 19.7 Å². The summed E-state index contributed by atoms with van der Waals surface area (Å²) in [6, 6.07) is 2.17. The second-order valence-corrected chi connectivity index (χ2v) is 7.75. The van der Waals surface area contributed by atoms with Crippen LogP contribution in [0.4, 0.5) is 16.0 Å². The molecule has 1 fully saturated rings. The van der Waals surface area contributed by atoms with E-state index in [0.717, 1.165) is 25.0 Å². The number of ether oxygens (including phenoxy) is 1. The minimum atomic E-state index is -0.769. The van der Waals surface area contributed by atoms with Crippen molar-refractivity contribution in [1.29, 1.82) is 5.26 Å². The predicted molar refractivity (Wildman–Crippen MR) is 99.1 cm³/mol. The molecule has 0 amide bonds. The van der Waals surface area contributed by atoms with Crippen molar-refractivity contribution < 1.29 is 9.13 Å². The molecule has 1 N–H and O–H groups in total. The number of nitrogens with zero attached hydrogens (tertiary/aromatic N) is 5. The highest BCUT2D eigenvalue weighted by Gasteiger charge is 2.21. The summed E-state index contributed by atoms with van der Waals surface area (Å²) < 4.78 is 21.2. The van der Waals surface area contributed by atoms with Crippen LogP contribution in [-0.4, -0.2) is 26.4 Å². The molecule has 1 aliphatic carbocycles. The first-order valence-electron chi connectivity index (χ1n) is 9.26. The number of nitriles is 1. The monoisotopic (exact) mass is 372 g/mol. The van der Waals surface area contributed by atoms with Gasteiger partial charge in [0.25, 0.3) is 5.88 Å². The molecule has 0 aliphatic heterocycles. The molecule has 0 atom stereocenters. The molecule has 0 radical (unpaired) electrons. The second-order valence-electron chi connectivity index (χ2n) is 7.75. The Morgan fingerprint density at radius 1 is 1.33 bits per heavy atom. The van der Waals surface area contributed by atoms with Crippen LogP contribution in [0.1, 0.15) is 46.5 Å². The van der Waals surface area contributed by atoms with Gasteiger partial charge in [-0.05, 0) is 38.5 Å². The zero-order chi connectivity index (χ0) is 19.4. The average molecular weight is 372 g/mol. The quantitative estimate of drug-likeness (QED) is 0.824. The Labute approximate surface area is 158 Å². The molecule has 7 nitrogen and oxygen atoms in total. The fourth-order valence-electron chi connectivity index (χ4n) is 3.08. The lowest BCUT2D eigenvalue weighted by Gasteiger charge is -2.25.